The molecule has 2 aromatic carbocycles. The highest BCUT2D eigenvalue weighted by molar-refractivity contribution is 6.02. The van der Waals surface area contributed by atoms with Crippen LogP contribution < -0.4 is 4.90 Å². The van der Waals surface area contributed by atoms with Gasteiger partial charge in [-0.05, 0) is 38.6 Å². The summed E-state index contributed by atoms with van der Waals surface area (Å²) in [4.78, 5) is 9.25. The molecular weight excluding hydrogens is 364 g/mol. The summed E-state index contributed by atoms with van der Waals surface area (Å²) in [6.45, 7) is 4.13. The highest BCUT2D eigenvalue weighted by atomic mass is 16.5. The summed E-state index contributed by atoms with van der Waals surface area (Å²) < 4.78 is 11.4. The number of anilines is 1. The van der Waals surface area contributed by atoms with E-state index in [1.165, 1.54) is 0 Å². The van der Waals surface area contributed by atoms with Gasteiger partial charge in [0.2, 0.25) is 5.89 Å². The number of ether oxygens (including phenoxy) is 1. The van der Waals surface area contributed by atoms with E-state index in [1.54, 1.807) is 7.11 Å². The molecule has 0 amide bonds. The van der Waals surface area contributed by atoms with Crippen molar-refractivity contribution >= 4 is 16.8 Å². The van der Waals surface area contributed by atoms with E-state index < -0.39 is 0 Å². The van der Waals surface area contributed by atoms with Crippen LogP contribution in [0.1, 0.15) is 23.4 Å². The molecule has 0 N–H and O–H groups in total. The first-order valence-electron chi connectivity index (χ1n) is 9.87. The molecule has 3 aromatic rings. The van der Waals surface area contributed by atoms with Crippen LogP contribution in [0.5, 0.6) is 0 Å². The highest BCUT2D eigenvalue weighted by Gasteiger charge is 2.31. The minimum absolute atomic E-state index is 0.277. The largest absolute Gasteiger partial charge is 0.436 e. The van der Waals surface area contributed by atoms with E-state index in [-0.39, 0.29) is 6.61 Å². The lowest BCUT2D eigenvalue weighted by Crippen LogP contribution is -2.31. The number of methoxy groups -OCH3 is 1. The van der Waals surface area contributed by atoms with Gasteiger partial charge in [-0.25, -0.2) is 4.98 Å². The Bertz CT molecular complexity index is 1070. The van der Waals surface area contributed by atoms with Crippen LogP contribution in [0.15, 0.2) is 34.7 Å². The molecule has 1 aromatic heterocycles. The zero-order chi connectivity index (χ0) is 20.5. The van der Waals surface area contributed by atoms with E-state index in [1.807, 2.05) is 25.1 Å². The molecule has 6 nitrogen and oxygen atoms in total. The fraction of sp³-hybridized carbons (Fsp3) is 0.391. The number of nitriles is 1. The first kappa shape index (κ1) is 19.4. The van der Waals surface area contributed by atoms with E-state index in [2.05, 4.69) is 47.1 Å². The molecule has 150 valence electrons. The second kappa shape index (κ2) is 7.86. The number of nitrogens with zero attached hydrogens (tertiary/aromatic N) is 4. The Labute approximate surface area is 171 Å². The van der Waals surface area contributed by atoms with Crippen molar-refractivity contribution in [1.82, 2.24) is 9.88 Å². The number of oxazole rings is 1. The van der Waals surface area contributed by atoms with Gasteiger partial charge in [-0.3, -0.25) is 0 Å². The molecule has 6 heteroatoms. The number of hydrogen-bond donors (Lipinski definition) is 0. The van der Waals surface area contributed by atoms with Crippen LogP contribution in [0.2, 0.25) is 0 Å². The number of likely N-dealkylation sites (N-methyl/N-ethyl adjacent to an activating group) is 1. The minimum atomic E-state index is 0.277. The van der Waals surface area contributed by atoms with Gasteiger partial charge in [0.1, 0.15) is 18.2 Å². The lowest BCUT2D eigenvalue weighted by molar-refractivity contribution is 0.161. The van der Waals surface area contributed by atoms with Crippen molar-refractivity contribution in [1.29, 1.82) is 5.26 Å². The van der Waals surface area contributed by atoms with E-state index in [9.17, 15) is 5.26 Å². The summed E-state index contributed by atoms with van der Waals surface area (Å²) in [7, 11) is 5.86. The lowest BCUT2D eigenvalue weighted by atomic mass is 9.93. The first-order chi connectivity index (χ1) is 14.0. The van der Waals surface area contributed by atoms with Gasteiger partial charge >= 0.3 is 0 Å². The second-order valence-corrected chi connectivity index (χ2v) is 7.77. The van der Waals surface area contributed by atoms with Crippen molar-refractivity contribution in [2.24, 2.45) is 0 Å². The third-order valence-electron chi connectivity index (χ3n) is 5.76. The fourth-order valence-corrected chi connectivity index (χ4v) is 4.24. The van der Waals surface area contributed by atoms with Crippen molar-refractivity contribution in [3.63, 3.8) is 0 Å². The second-order valence-electron chi connectivity index (χ2n) is 7.77. The summed E-state index contributed by atoms with van der Waals surface area (Å²) in [5.41, 5.74) is 5.97. The van der Waals surface area contributed by atoms with Crippen molar-refractivity contribution in [3.05, 3.63) is 47.3 Å². The Kier molecular flexibility index (Phi) is 5.27. The molecule has 2 heterocycles. The normalized spacial score (nSPS) is 16.7. The lowest BCUT2D eigenvalue weighted by Gasteiger charge is -2.25. The molecule has 0 saturated carbocycles. The Morgan fingerprint density at radius 3 is 2.69 bits per heavy atom. The summed E-state index contributed by atoms with van der Waals surface area (Å²) in [5, 5.41) is 9.91. The molecule has 29 heavy (non-hydrogen) atoms. The summed E-state index contributed by atoms with van der Waals surface area (Å²) in [6, 6.07) is 13.1. The van der Waals surface area contributed by atoms with Gasteiger partial charge in [-0.15, -0.1) is 0 Å². The SMILES string of the molecule is COCc1nc2c(C#N)c(C)c(-c3ccccc3)c(N3CCC(N(C)C)C3)c2o1. The Hall–Kier alpha value is -2.88. The van der Waals surface area contributed by atoms with Gasteiger partial charge in [-0.1, -0.05) is 30.3 Å². The fourth-order valence-electron chi connectivity index (χ4n) is 4.24. The maximum absolute atomic E-state index is 9.91. The monoisotopic (exact) mass is 390 g/mol. The Balaban J connectivity index is 2.01. The number of hydrogen-bond acceptors (Lipinski definition) is 6. The van der Waals surface area contributed by atoms with E-state index in [0.29, 0.717) is 28.6 Å². The van der Waals surface area contributed by atoms with Gasteiger partial charge in [-0.2, -0.15) is 5.26 Å². The van der Waals surface area contributed by atoms with Gasteiger partial charge in [0.15, 0.2) is 5.58 Å². The quantitative estimate of drug-likeness (QED) is 0.657. The van der Waals surface area contributed by atoms with Crippen molar-refractivity contribution in [2.45, 2.75) is 26.0 Å². The molecule has 0 aliphatic carbocycles. The molecule has 1 fully saturated rings. The van der Waals surface area contributed by atoms with E-state index in [0.717, 1.165) is 41.9 Å². The maximum Gasteiger partial charge on any atom is 0.221 e. The highest BCUT2D eigenvalue weighted by Crippen LogP contribution is 2.44. The van der Waals surface area contributed by atoms with Gasteiger partial charge < -0.3 is 19.0 Å². The Morgan fingerprint density at radius 2 is 2.07 bits per heavy atom. The summed E-state index contributed by atoms with van der Waals surface area (Å²) >= 11 is 0. The van der Waals surface area contributed by atoms with Crippen LogP contribution >= 0.6 is 0 Å². The number of fused-ring (bicyclic) bond motifs is 1. The average molecular weight is 390 g/mol. The predicted molar refractivity (Wildman–Crippen MR) is 114 cm³/mol. The van der Waals surface area contributed by atoms with Crippen LogP contribution in [0.3, 0.4) is 0 Å². The van der Waals surface area contributed by atoms with Gasteiger partial charge in [0.05, 0.1) is 11.3 Å². The topological polar surface area (TPSA) is 65.5 Å². The molecular formula is C23H26N4O2. The first-order valence-corrected chi connectivity index (χ1v) is 9.87. The number of aromatic nitrogens is 1. The van der Waals surface area contributed by atoms with Crippen LogP contribution in [-0.4, -0.2) is 50.2 Å². The maximum atomic E-state index is 9.91. The van der Waals surface area contributed by atoms with Crippen molar-refractivity contribution in [3.8, 4) is 17.2 Å². The smallest absolute Gasteiger partial charge is 0.221 e. The van der Waals surface area contributed by atoms with Gasteiger partial charge in [0.25, 0.3) is 0 Å². The molecule has 1 aliphatic heterocycles. The van der Waals surface area contributed by atoms with Crippen LogP contribution in [0, 0.1) is 18.3 Å². The molecule has 0 bridgehead atoms. The molecule has 0 radical (unpaired) electrons. The van der Waals surface area contributed by atoms with E-state index in [4.69, 9.17) is 9.15 Å². The zero-order valence-electron chi connectivity index (χ0n) is 17.4. The molecule has 4 rings (SSSR count). The van der Waals surface area contributed by atoms with Gasteiger partial charge in [0, 0.05) is 31.8 Å². The summed E-state index contributed by atoms with van der Waals surface area (Å²) in [6.07, 6.45) is 1.08. The average Bonchev–Trinajstić information content (AvgIpc) is 3.35. The predicted octanol–water partition coefficient (Wildman–Crippen LogP) is 3.96. The molecule has 1 atom stereocenters. The summed E-state index contributed by atoms with van der Waals surface area (Å²) in [5.74, 6) is 0.494. The van der Waals surface area contributed by atoms with Crippen LogP contribution in [0.4, 0.5) is 5.69 Å². The molecule has 1 unspecified atom stereocenters. The number of benzene rings is 2. The van der Waals surface area contributed by atoms with Crippen molar-refractivity contribution in [2.75, 3.05) is 39.2 Å². The number of rotatable bonds is 5. The molecule has 1 saturated heterocycles. The standard InChI is InChI=1S/C23H26N4O2/c1-15-18(12-24)21-23(29-19(25-21)14-28-4)22(20(15)16-8-6-5-7-9-16)27-11-10-17(13-27)26(2)3/h5-9,17H,10-11,13-14H2,1-4H3. The minimum Gasteiger partial charge on any atom is -0.436 e. The van der Waals surface area contributed by atoms with Crippen molar-refractivity contribution < 1.29 is 9.15 Å². The Morgan fingerprint density at radius 1 is 1.31 bits per heavy atom. The zero-order valence-corrected chi connectivity index (χ0v) is 17.4. The van der Waals surface area contributed by atoms with E-state index >= 15 is 0 Å². The van der Waals surface area contributed by atoms with Crippen LogP contribution in [-0.2, 0) is 11.3 Å². The third-order valence-corrected chi connectivity index (χ3v) is 5.76. The van der Waals surface area contributed by atoms with Crippen LogP contribution in [0.25, 0.3) is 22.2 Å². The molecule has 0 spiro atoms. The molecule has 1 aliphatic rings. The third kappa shape index (κ3) is 3.37.